The highest BCUT2D eigenvalue weighted by atomic mass is 35.5. The van der Waals surface area contributed by atoms with Crippen molar-refractivity contribution < 1.29 is 4.79 Å². The van der Waals surface area contributed by atoms with E-state index in [-0.39, 0.29) is 24.4 Å². The van der Waals surface area contributed by atoms with E-state index in [2.05, 4.69) is 52.4 Å². The van der Waals surface area contributed by atoms with Crippen LogP contribution in [0.2, 0.25) is 0 Å². The Morgan fingerprint density at radius 3 is 2.76 bits per heavy atom. The maximum absolute atomic E-state index is 12.8. The van der Waals surface area contributed by atoms with Crippen LogP contribution in [0.25, 0.3) is 0 Å². The van der Waals surface area contributed by atoms with Crippen molar-refractivity contribution in [1.82, 2.24) is 15.1 Å². The quantitative estimate of drug-likeness (QED) is 0.443. The molecule has 1 aliphatic heterocycles. The molecule has 1 aromatic carbocycles. The van der Waals surface area contributed by atoms with E-state index in [0.717, 1.165) is 18.7 Å². The molecular formula is C23H29ClN4O. The molecule has 0 radical (unpaired) electrons. The lowest BCUT2D eigenvalue weighted by molar-refractivity contribution is -0.124. The van der Waals surface area contributed by atoms with Gasteiger partial charge in [-0.05, 0) is 32.0 Å². The van der Waals surface area contributed by atoms with Crippen LogP contribution in [0.1, 0.15) is 24.8 Å². The Bertz CT molecular complexity index is 829. The van der Waals surface area contributed by atoms with Crippen LogP contribution < -0.4 is 5.32 Å². The lowest BCUT2D eigenvalue weighted by atomic mass is 9.86. The Hall–Kier alpha value is -2.29. The van der Waals surface area contributed by atoms with Crippen LogP contribution in [-0.2, 0) is 4.79 Å². The van der Waals surface area contributed by atoms with Gasteiger partial charge in [0, 0.05) is 24.7 Å². The van der Waals surface area contributed by atoms with E-state index in [1.807, 2.05) is 38.4 Å². The van der Waals surface area contributed by atoms with Crippen molar-refractivity contribution >= 4 is 17.5 Å². The molecule has 0 spiro atoms. The molecule has 1 heterocycles. The number of benzene rings is 1. The van der Waals surface area contributed by atoms with Crippen LogP contribution in [0.15, 0.2) is 54.3 Å². The highest BCUT2D eigenvalue weighted by molar-refractivity contribution is 6.27. The first kappa shape index (κ1) is 21.4. The van der Waals surface area contributed by atoms with Crippen molar-refractivity contribution in [3.05, 3.63) is 59.8 Å². The van der Waals surface area contributed by atoms with Crippen molar-refractivity contribution in [2.24, 2.45) is 5.92 Å². The largest absolute Gasteiger partial charge is 0.361 e. The minimum Gasteiger partial charge on any atom is -0.361 e. The zero-order valence-corrected chi connectivity index (χ0v) is 18.1. The minimum absolute atomic E-state index is 0.0207. The number of allylic oxidation sites excluding steroid dienone is 2. The van der Waals surface area contributed by atoms with Gasteiger partial charge in [-0.25, -0.2) is 0 Å². The average Bonchev–Trinajstić information content (AvgIpc) is 3.07. The number of hydrogen-bond acceptors (Lipinski definition) is 4. The number of nitrogens with zero attached hydrogens (tertiary/aromatic N) is 3. The van der Waals surface area contributed by atoms with Crippen LogP contribution >= 0.6 is 11.6 Å². The van der Waals surface area contributed by atoms with Gasteiger partial charge in [0.2, 0.25) is 5.91 Å². The Balaban J connectivity index is 1.98. The number of amides is 1. The number of likely N-dealkylation sites (tertiary alicyclic amines) is 1. The summed E-state index contributed by atoms with van der Waals surface area (Å²) >= 11 is 7.17. The van der Waals surface area contributed by atoms with Crippen molar-refractivity contribution in [1.29, 1.82) is 5.26 Å². The molecule has 1 N–H and O–H groups in total. The number of nitrogens with one attached hydrogen (secondary N) is 1. The number of nitriles is 1. The van der Waals surface area contributed by atoms with Crippen molar-refractivity contribution in [3.8, 4) is 6.07 Å². The van der Waals surface area contributed by atoms with Crippen LogP contribution in [0, 0.1) is 17.2 Å². The number of rotatable bonds is 6. The molecule has 1 aliphatic carbocycles. The number of hydrogen-bond donors (Lipinski definition) is 1. The van der Waals surface area contributed by atoms with Crippen LogP contribution in [0.3, 0.4) is 0 Å². The summed E-state index contributed by atoms with van der Waals surface area (Å²) in [6, 6.07) is 12.0. The maximum atomic E-state index is 12.8. The van der Waals surface area contributed by atoms with Crippen LogP contribution in [-0.4, -0.2) is 60.4 Å². The van der Waals surface area contributed by atoms with E-state index in [9.17, 15) is 4.79 Å². The normalized spacial score (nSPS) is 28.9. The molecule has 1 amide bonds. The Morgan fingerprint density at radius 2 is 2.10 bits per heavy atom. The van der Waals surface area contributed by atoms with E-state index in [1.165, 1.54) is 5.56 Å². The number of halogens is 1. The first-order valence-electron chi connectivity index (χ1n) is 10.1. The molecule has 4 atom stereocenters. The molecule has 0 saturated carbocycles. The third-order valence-electron chi connectivity index (χ3n) is 5.53. The molecule has 1 saturated heterocycles. The van der Waals surface area contributed by atoms with Gasteiger partial charge in [0.15, 0.2) is 0 Å². The van der Waals surface area contributed by atoms with E-state index in [1.54, 1.807) is 0 Å². The van der Waals surface area contributed by atoms with Gasteiger partial charge in [0.1, 0.15) is 17.5 Å². The monoisotopic (exact) mass is 412 g/mol. The predicted molar refractivity (Wildman–Crippen MR) is 116 cm³/mol. The molecule has 6 heteroatoms. The second-order valence-corrected chi connectivity index (χ2v) is 9.01. The first-order valence-corrected chi connectivity index (χ1v) is 10.4. The highest BCUT2D eigenvalue weighted by Gasteiger charge is 2.44. The van der Waals surface area contributed by atoms with Gasteiger partial charge >= 0.3 is 0 Å². The van der Waals surface area contributed by atoms with E-state index in [0.29, 0.717) is 12.5 Å². The fourth-order valence-corrected chi connectivity index (χ4v) is 4.81. The van der Waals surface area contributed by atoms with Gasteiger partial charge in [-0.15, -0.1) is 11.6 Å². The minimum atomic E-state index is -0.702. The smallest absolute Gasteiger partial charge is 0.243 e. The average molecular weight is 413 g/mol. The zero-order chi connectivity index (χ0) is 21.0. The van der Waals surface area contributed by atoms with Gasteiger partial charge in [-0.2, -0.15) is 5.26 Å². The summed E-state index contributed by atoms with van der Waals surface area (Å²) in [6.07, 6.45) is 7.19. The van der Waals surface area contributed by atoms with Gasteiger partial charge in [0.05, 0.1) is 6.07 Å². The molecule has 1 aromatic rings. The molecule has 1 fully saturated rings. The van der Waals surface area contributed by atoms with Crippen LogP contribution in [0.5, 0.6) is 0 Å². The summed E-state index contributed by atoms with van der Waals surface area (Å²) in [7, 11) is 4.01. The van der Waals surface area contributed by atoms with Crippen molar-refractivity contribution in [3.63, 3.8) is 0 Å². The van der Waals surface area contributed by atoms with E-state index in [4.69, 9.17) is 16.9 Å². The van der Waals surface area contributed by atoms with Crippen molar-refractivity contribution in [2.75, 3.05) is 33.7 Å². The fourth-order valence-electron chi connectivity index (χ4n) is 4.32. The summed E-state index contributed by atoms with van der Waals surface area (Å²) in [5.41, 5.74) is 2.17. The molecule has 3 rings (SSSR count). The fraction of sp³-hybridized carbons (Fsp3) is 0.478. The second kappa shape index (κ2) is 9.02. The van der Waals surface area contributed by atoms with Gasteiger partial charge < -0.3 is 15.1 Å². The SMILES string of the molecule is C[C@H]1C[C@@H](C(=O)NCC#N)N(C2=CC(c3ccccc3)C=CC2(Cl)CN(C)C)C1. The first-order chi connectivity index (χ1) is 13.8. The lowest BCUT2D eigenvalue weighted by Gasteiger charge is -2.41. The number of alkyl halides is 1. The molecular weight excluding hydrogens is 384 g/mol. The van der Waals surface area contributed by atoms with E-state index < -0.39 is 4.87 Å². The topological polar surface area (TPSA) is 59.4 Å². The summed E-state index contributed by atoms with van der Waals surface area (Å²) in [5.74, 6) is 0.375. The van der Waals surface area contributed by atoms with E-state index >= 15 is 0 Å². The van der Waals surface area contributed by atoms with Crippen molar-refractivity contribution in [2.45, 2.75) is 30.2 Å². The summed E-state index contributed by atoms with van der Waals surface area (Å²) in [6.45, 7) is 3.58. The van der Waals surface area contributed by atoms with Gasteiger partial charge in [0.25, 0.3) is 0 Å². The molecule has 2 unspecified atom stereocenters. The number of carbonyl (C=O) groups excluding carboxylic acids is 1. The maximum Gasteiger partial charge on any atom is 0.243 e. The molecule has 154 valence electrons. The molecule has 29 heavy (non-hydrogen) atoms. The third kappa shape index (κ3) is 4.83. The lowest BCUT2D eigenvalue weighted by Crippen LogP contribution is -2.49. The second-order valence-electron chi connectivity index (χ2n) is 8.33. The summed E-state index contributed by atoms with van der Waals surface area (Å²) in [4.78, 5) is 16.3. The third-order valence-corrected chi connectivity index (χ3v) is 5.96. The van der Waals surface area contributed by atoms with Gasteiger partial charge in [-0.3, -0.25) is 4.79 Å². The highest BCUT2D eigenvalue weighted by Crippen LogP contribution is 2.42. The molecule has 2 aliphatic rings. The zero-order valence-electron chi connectivity index (χ0n) is 17.3. The Kier molecular flexibility index (Phi) is 6.66. The predicted octanol–water partition coefficient (Wildman–Crippen LogP) is 3.11. The standard InChI is InChI=1S/C23H29ClN4O/c1-17-13-20(22(29)26-12-11-25)28(15-17)21-14-19(18-7-5-4-6-8-18)9-10-23(21,24)16-27(2)3/h4-10,14,17,19-20H,12-13,15-16H2,1-3H3,(H,26,29)/t17-,19?,20-,23?/m0/s1. The van der Waals surface area contributed by atoms with Gasteiger partial charge in [-0.1, -0.05) is 55.5 Å². The molecule has 0 aromatic heterocycles. The molecule has 0 bridgehead atoms. The van der Waals surface area contributed by atoms with Crippen LogP contribution in [0.4, 0.5) is 0 Å². The Labute approximate surface area is 178 Å². The molecule has 5 nitrogen and oxygen atoms in total. The number of carbonyl (C=O) groups is 1. The summed E-state index contributed by atoms with van der Waals surface area (Å²) in [5, 5.41) is 11.6. The Morgan fingerprint density at radius 1 is 1.38 bits per heavy atom. The summed E-state index contributed by atoms with van der Waals surface area (Å²) < 4.78 is 0.